The third kappa shape index (κ3) is 4.43. The minimum absolute atomic E-state index is 0.246. The van der Waals surface area contributed by atoms with Gasteiger partial charge in [0.1, 0.15) is 5.75 Å². The molecule has 2 aromatic rings. The minimum Gasteiger partial charge on any atom is -0.426 e. The van der Waals surface area contributed by atoms with E-state index in [1.54, 1.807) is 6.07 Å². The van der Waals surface area contributed by atoms with Crippen LogP contribution in [0.25, 0.3) is 0 Å². The summed E-state index contributed by atoms with van der Waals surface area (Å²) in [6.45, 7) is 3.01. The number of hydrogen-bond donors (Lipinski definition) is 1. The van der Waals surface area contributed by atoms with Gasteiger partial charge in [-0.15, -0.1) is 0 Å². The van der Waals surface area contributed by atoms with Crippen LogP contribution in [0.5, 0.6) is 5.75 Å². The van der Waals surface area contributed by atoms with Crippen molar-refractivity contribution >= 4 is 11.7 Å². The summed E-state index contributed by atoms with van der Waals surface area (Å²) in [6, 6.07) is 17.1. The van der Waals surface area contributed by atoms with Crippen LogP contribution in [0.2, 0.25) is 0 Å². The molecule has 0 aliphatic rings. The summed E-state index contributed by atoms with van der Waals surface area (Å²) in [6.07, 6.45) is 1.34. The summed E-state index contributed by atoms with van der Waals surface area (Å²) in [5.41, 5.74) is 1.93. The van der Waals surface area contributed by atoms with Crippen molar-refractivity contribution < 1.29 is 9.53 Å². The Bertz CT molecular complexity index is 552. The predicted molar refractivity (Wildman–Crippen MR) is 81.0 cm³/mol. The lowest BCUT2D eigenvalue weighted by molar-refractivity contribution is -0.133. The lowest BCUT2D eigenvalue weighted by Crippen LogP contribution is -2.11. The Morgan fingerprint density at radius 1 is 1.10 bits per heavy atom. The number of benzene rings is 2. The first kappa shape index (κ1) is 14.1. The van der Waals surface area contributed by atoms with Crippen LogP contribution in [-0.2, 0) is 11.2 Å². The Balaban J connectivity index is 1.94. The van der Waals surface area contributed by atoms with Crippen LogP contribution in [0.15, 0.2) is 54.6 Å². The number of rotatable bonds is 6. The van der Waals surface area contributed by atoms with Crippen molar-refractivity contribution in [3.8, 4) is 5.75 Å². The predicted octanol–water partition coefficient (Wildman–Crippen LogP) is 3.66. The van der Waals surface area contributed by atoms with Crippen LogP contribution in [0.3, 0.4) is 0 Å². The average Bonchev–Trinajstić information content (AvgIpc) is 2.46. The van der Waals surface area contributed by atoms with E-state index in [2.05, 4.69) is 12.2 Å². The number of anilines is 1. The molecule has 3 heteroatoms. The second kappa shape index (κ2) is 7.34. The Morgan fingerprint density at radius 3 is 2.65 bits per heavy atom. The molecule has 0 unspecified atom stereocenters. The Labute approximate surface area is 119 Å². The summed E-state index contributed by atoms with van der Waals surface area (Å²) in [4.78, 5) is 11.9. The number of esters is 1. The maximum absolute atomic E-state index is 11.9. The van der Waals surface area contributed by atoms with Crippen molar-refractivity contribution in [3.63, 3.8) is 0 Å². The topological polar surface area (TPSA) is 38.3 Å². The molecule has 0 bridgehead atoms. The van der Waals surface area contributed by atoms with Crippen molar-refractivity contribution in [1.82, 2.24) is 0 Å². The number of hydrogen-bond acceptors (Lipinski definition) is 3. The first-order valence-electron chi connectivity index (χ1n) is 6.86. The van der Waals surface area contributed by atoms with Gasteiger partial charge in [0.15, 0.2) is 0 Å². The van der Waals surface area contributed by atoms with E-state index in [1.165, 1.54) is 0 Å². The molecule has 2 aromatic carbocycles. The molecule has 0 aromatic heterocycles. The van der Waals surface area contributed by atoms with Crippen LogP contribution in [0, 0.1) is 0 Å². The summed E-state index contributed by atoms with van der Waals surface area (Å²) >= 11 is 0. The minimum atomic E-state index is -0.246. The second-order valence-corrected chi connectivity index (χ2v) is 4.59. The molecule has 0 aliphatic heterocycles. The Morgan fingerprint density at radius 2 is 1.90 bits per heavy atom. The van der Waals surface area contributed by atoms with Gasteiger partial charge in [-0.1, -0.05) is 43.3 Å². The zero-order valence-corrected chi connectivity index (χ0v) is 11.6. The maximum atomic E-state index is 11.9. The summed E-state index contributed by atoms with van der Waals surface area (Å²) in [5, 5.41) is 3.27. The van der Waals surface area contributed by atoms with E-state index in [4.69, 9.17) is 4.74 Å². The molecule has 0 amide bonds. The second-order valence-electron chi connectivity index (χ2n) is 4.59. The van der Waals surface area contributed by atoms with Gasteiger partial charge in [-0.05, 0) is 24.1 Å². The van der Waals surface area contributed by atoms with Gasteiger partial charge in [0.05, 0.1) is 6.42 Å². The first-order chi connectivity index (χ1) is 9.78. The largest absolute Gasteiger partial charge is 0.426 e. The average molecular weight is 269 g/mol. The van der Waals surface area contributed by atoms with Gasteiger partial charge >= 0.3 is 5.97 Å². The van der Waals surface area contributed by atoms with Gasteiger partial charge in [0.25, 0.3) is 0 Å². The fourth-order valence-corrected chi connectivity index (χ4v) is 1.87. The third-order valence-electron chi connectivity index (χ3n) is 2.84. The van der Waals surface area contributed by atoms with Crippen molar-refractivity contribution in [2.24, 2.45) is 0 Å². The van der Waals surface area contributed by atoms with E-state index in [1.807, 2.05) is 48.5 Å². The molecule has 1 N–H and O–H groups in total. The van der Waals surface area contributed by atoms with Gasteiger partial charge in [0.2, 0.25) is 0 Å². The monoisotopic (exact) mass is 269 g/mol. The number of ether oxygens (including phenoxy) is 1. The Kier molecular flexibility index (Phi) is 5.18. The molecule has 0 saturated carbocycles. The van der Waals surface area contributed by atoms with Crippen LogP contribution in [0.1, 0.15) is 18.9 Å². The SMILES string of the molecule is CCCNc1cccc(OC(=O)Cc2ccccc2)c1. The molecule has 0 aliphatic carbocycles. The molecule has 20 heavy (non-hydrogen) atoms. The highest BCUT2D eigenvalue weighted by atomic mass is 16.5. The van der Waals surface area contributed by atoms with Crippen LogP contribution < -0.4 is 10.1 Å². The third-order valence-corrected chi connectivity index (χ3v) is 2.84. The zero-order chi connectivity index (χ0) is 14.2. The fraction of sp³-hybridized carbons (Fsp3) is 0.235. The van der Waals surface area contributed by atoms with Crippen LogP contribution in [0.4, 0.5) is 5.69 Å². The molecule has 0 heterocycles. The first-order valence-corrected chi connectivity index (χ1v) is 6.86. The molecular weight excluding hydrogens is 250 g/mol. The fourth-order valence-electron chi connectivity index (χ4n) is 1.87. The highest BCUT2D eigenvalue weighted by Crippen LogP contribution is 2.18. The highest BCUT2D eigenvalue weighted by Gasteiger charge is 2.06. The maximum Gasteiger partial charge on any atom is 0.315 e. The van der Waals surface area contributed by atoms with Gasteiger partial charge in [-0.25, -0.2) is 0 Å². The number of carbonyl (C=O) groups excluding carboxylic acids is 1. The molecule has 0 radical (unpaired) electrons. The molecular formula is C17H19NO2. The molecule has 0 spiro atoms. The van der Waals surface area contributed by atoms with E-state index in [9.17, 15) is 4.79 Å². The van der Waals surface area contributed by atoms with Crippen LogP contribution >= 0.6 is 0 Å². The highest BCUT2D eigenvalue weighted by molar-refractivity contribution is 5.75. The van der Waals surface area contributed by atoms with E-state index < -0.39 is 0 Å². The normalized spacial score (nSPS) is 10.1. The Hall–Kier alpha value is -2.29. The van der Waals surface area contributed by atoms with Crippen molar-refractivity contribution in [3.05, 3.63) is 60.2 Å². The van der Waals surface area contributed by atoms with E-state index >= 15 is 0 Å². The smallest absolute Gasteiger partial charge is 0.315 e. The van der Waals surface area contributed by atoms with Crippen LogP contribution in [-0.4, -0.2) is 12.5 Å². The van der Waals surface area contributed by atoms with Gasteiger partial charge in [-0.3, -0.25) is 4.79 Å². The zero-order valence-electron chi connectivity index (χ0n) is 11.6. The lowest BCUT2D eigenvalue weighted by atomic mass is 10.1. The van der Waals surface area contributed by atoms with E-state index in [0.29, 0.717) is 5.75 Å². The summed E-state index contributed by atoms with van der Waals surface area (Å²) in [7, 11) is 0. The number of carbonyl (C=O) groups is 1. The van der Waals surface area contributed by atoms with Crippen molar-refractivity contribution in [2.75, 3.05) is 11.9 Å². The molecule has 0 atom stereocenters. The van der Waals surface area contributed by atoms with Gasteiger partial charge in [0, 0.05) is 18.3 Å². The molecule has 0 fully saturated rings. The molecule has 3 nitrogen and oxygen atoms in total. The van der Waals surface area contributed by atoms with Gasteiger partial charge in [-0.2, -0.15) is 0 Å². The summed E-state index contributed by atoms with van der Waals surface area (Å²) in [5.74, 6) is 0.330. The lowest BCUT2D eigenvalue weighted by Gasteiger charge is -2.08. The molecule has 2 rings (SSSR count). The molecule has 104 valence electrons. The van der Waals surface area contributed by atoms with E-state index in [0.717, 1.165) is 24.2 Å². The van der Waals surface area contributed by atoms with Crippen molar-refractivity contribution in [2.45, 2.75) is 19.8 Å². The standard InChI is InChI=1S/C17H19NO2/c1-2-11-18-15-9-6-10-16(13-15)20-17(19)12-14-7-4-3-5-8-14/h3-10,13,18H,2,11-12H2,1H3. The van der Waals surface area contributed by atoms with Gasteiger partial charge < -0.3 is 10.1 Å². The quantitative estimate of drug-likeness (QED) is 0.642. The van der Waals surface area contributed by atoms with Crippen molar-refractivity contribution in [1.29, 1.82) is 0 Å². The van der Waals surface area contributed by atoms with E-state index in [-0.39, 0.29) is 12.4 Å². The summed E-state index contributed by atoms with van der Waals surface area (Å²) < 4.78 is 5.36. The number of nitrogens with one attached hydrogen (secondary N) is 1. The molecule has 0 saturated heterocycles.